The highest BCUT2D eigenvalue weighted by Crippen LogP contribution is 2.29. The molecule has 1 saturated carbocycles. The quantitative estimate of drug-likeness (QED) is 0.291. The summed E-state index contributed by atoms with van der Waals surface area (Å²) in [5.41, 5.74) is 17.3. The van der Waals surface area contributed by atoms with Crippen LogP contribution in [0.5, 0.6) is 0 Å². The normalized spacial score (nSPS) is 16.5. The van der Waals surface area contributed by atoms with Crippen LogP contribution < -0.4 is 22.5 Å². The first kappa shape index (κ1) is 26.7. The Kier molecular flexibility index (Phi) is 7.67. The first-order valence-corrected chi connectivity index (χ1v) is 11.9. The van der Waals surface area contributed by atoms with E-state index in [-0.39, 0.29) is 48.8 Å². The Morgan fingerprint density at radius 1 is 1.18 bits per heavy atom. The highest BCUT2D eigenvalue weighted by Gasteiger charge is 2.39. The molecule has 0 aliphatic heterocycles. The lowest BCUT2D eigenvalue weighted by molar-refractivity contribution is -0.143. The lowest BCUT2D eigenvalue weighted by Crippen LogP contribution is -2.54. The number of rotatable bonds is 9. The number of nitrogens with two attached hydrogens (primary N) is 3. The van der Waals surface area contributed by atoms with Crippen molar-refractivity contribution in [2.24, 2.45) is 11.5 Å². The van der Waals surface area contributed by atoms with Gasteiger partial charge in [-0.1, -0.05) is 23.7 Å². The van der Waals surface area contributed by atoms with Gasteiger partial charge in [0.2, 0.25) is 11.8 Å². The zero-order valence-electron chi connectivity index (χ0n) is 20.0. The Hall–Kier alpha value is -4.39. The molecule has 1 fully saturated rings. The zero-order chi connectivity index (χ0) is 27.6. The lowest BCUT2D eigenvalue weighted by atomic mass is 9.87. The summed E-state index contributed by atoms with van der Waals surface area (Å²) < 4.78 is 20.5. The van der Waals surface area contributed by atoms with Crippen molar-refractivity contribution in [1.82, 2.24) is 20.0 Å². The molecule has 0 unspecified atom stereocenters. The molecule has 200 valence electrons. The molecule has 0 saturated heterocycles. The summed E-state index contributed by atoms with van der Waals surface area (Å²) in [5.74, 6) is -2.48. The Morgan fingerprint density at radius 2 is 1.92 bits per heavy atom. The number of nitrogens with one attached hydrogen (secondary N) is 1. The fourth-order valence-electron chi connectivity index (χ4n) is 4.28. The van der Waals surface area contributed by atoms with Crippen molar-refractivity contribution in [3.05, 3.63) is 58.5 Å². The van der Waals surface area contributed by atoms with Crippen LogP contribution in [-0.2, 0) is 27.4 Å². The smallest absolute Gasteiger partial charge is 0.404 e. The van der Waals surface area contributed by atoms with E-state index in [1.807, 2.05) is 0 Å². The largest absolute Gasteiger partial charge is 0.446 e. The number of nitrogens with zero attached hydrogens (tertiary/aromatic N) is 3. The molecule has 0 radical (unpaired) electrons. The van der Waals surface area contributed by atoms with Gasteiger partial charge in [-0.2, -0.15) is 5.10 Å². The van der Waals surface area contributed by atoms with Crippen LogP contribution in [0.2, 0.25) is 5.02 Å². The average Bonchev–Trinajstić information content (AvgIpc) is 3.18. The molecule has 14 heteroatoms. The Morgan fingerprint density at radius 3 is 2.61 bits per heavy atom. The van der Waals surface area contributed by atoms with Crippen molar-refractivity contribution < 1.29 is 28.3 Å². The molecule has 0 spiro atoms. The maximum Gasteiger partial charge on any atom is 0.404 e. The number of aromatic nitrogens is 2. The van der Waals surface area contributed by atoms with Gasteiger partial charge in [0.25, 0.3) is 5.91 Å². The number of benzene rings is 2. The van der Waals surface area contributed by atoms with E-state index < -0.39 is 41.8 Å². The number of carbonyl (C=O) groups is 4. The van der Waals surface area contributed by atoms with Gasteiger partial charge < -0.3 is 32.2 Å². The minimum atomic E-state index is -0.936. The third-order valence-corrected chi connectivity index (χ3v) is 6.52. The number of anilines is 1. The third-order valence-electron chi connectivity index (χ3n) is 6.23. The molecule has 1 aliphatic carbocycles. The second-order valence-electron chi connectivity index (χ2n) is 8.84. The maximum atomic E-state index is 14.2. The first-order valence-electron chi connectivity index (χ1n) is 11.5. The molecule has 1 aliphatic rings. The highest BCUT2D eigenvalue weighted by atomic mass is 35.5. The van der Waals surface area contributed by atoms with Crippen molar-refractivity contribution in [2.75, 3.05) is 12.3 Å². The van der Waals surface area contributed by atoms with Crippen molar-refractivity contribution >= 4 is 52.0 Å². The Bertz CT molecular complexity index is 1420. The number of carbonyl (C=O) groups excluding carboxylic acids is 4. The van der Waals surface area contributed by atoms with Crippen LogP contribution in [0.1, 0.15) is 28.9 Å². The summed E-state index contributed by atoms with van der Waals surface area (Å²) in [6, 6.07) is 8.71. The van der Waals surface area contributed by atoms with Crippen LogP contribution in [0, 0.1) is 5.82 Å². The van der Waals surface area contributed by atoms with Crippen LogP contribution in [0.4, 0.5) is 14.9 Å². The minimum absolute atomic E-state index is 0.0495. The monoisotopic (exact) mass is 545 g/mol. The van der Waals surface area contributed by atoms with Crippen LogP contribution in [0.3, 0.4) is 0 Å². The highest BCUT2D eigenvalue weighted by molar-refractivity contribution is 6.30. The molecule has 0 atom stereocenters. The Labute approximate surface area is 220 Å². The molecule has 4 amide bonds. The molecule has 0 bridgehead atoms. The second-order valence-corrected chi connectivity index (χ2v) is 9.25. The summed E-state index contributed by atoms with van der Waals surface area (Å²) >= 11 is 5.79. The van der Waals surface area contributed by atoms with E-state index in [9.17, 15) is 23.6 Å². The first-order chi connectivity index (χ1) is 18.0. The summed E-state index contributed by atoms with van der Waals surface area (Å²) in [6.07, 6.45) is -0.887. The van der Waals surface area contributed by atoms with Gasteiger partial charge in [0, 0.05) is 42.1 Å². The molecule has 2 aromatic carbocycles. The number of nitrogen functional groups attached to an aromatic ring is 1. The predicted octanol–water partition coefficient (Wildman–Crippen LogP) is 1.28. The number of hydrogen-bond acceptors (Lipinski definition) is 7. The van der Waals surface area contributed by atoms with E-state index in [1.54, 1.807) is 18.2 Å². The third kappa shape index (κ3) is 5.78. The second kappa shape index (κ2) is 10.9. The van der Waals surface area contributed by atoms with Crippen molar-refractivity contribution in [3.8, 4) is 0 Å². The fraction of sp³-hybridized carbons (Fsp3) is 0.292. The molecular weight excluding hydrogens is 521 g/mol. The lowest BCUT2D eigenvalue weighted by Gasteiger charge is -2.41. The number of amides is 4. The Balaban J connectivity index is 1.52. The summed E-state index contributed by atoms with van der Waals surface area (Å²) in [6.45, 7) is -0.815. The molecule has 7 N–H and O–H groups in total. The van der Waals surface area contributed by atoms with Crippen LogP contribution in [-0.4, -0.2) is 57.2 Å². The maximum absolute atomic E-state index is 14.2. The zero-order valence-corrected chi connectivity index (χ0v) is 20.8. The van der Waals surface area contributed by atoms with Gasteiger partial charge in [-0.05, 0) is 24.3 Å². The van der Waals surface area contributed by atoms with Gasteiger partial charge in [-0.15, -0.1) is 0 Å². The molecule has 1 aromatic heterocycles. The molecular formula is C24H25ClFN7O5. The van der Waals surface area contributed by atoms with E-state index in [0.29, 0.717) is 16.6 Å². The van der Waals surface area contributed by atoms with Gasteiger partial charge in [-0.25, -0.2) is 9.18 Å². The van der Waals surface area contributed by atoms with Gasteiger partial charge in [0.15, 0.2) is 5.69 Å². The molecule has 1 heterocycles. The van der Waals surface area contributed by atoms with Crippen molar-refractivity contribution in [2.45, 2.75) is 38.1 Å². The average molecular weight is 546 g/mol. The van der Waals surface area contributed by atoms with Crippen molar-refractivity contribution in [1.29, 1.82) is 0 Å². The number of primary amides is 2. The van der Waals surface area contributed by atoms with Gasteiger partial charge in [-0.3, -0.25) is 19.1 Å². The van der Waals surface area contributed by atoms with Gasteiger partial charge >= 0.3 is 6.09 Å². The number of ether oxygens (including phenoxy) is 1. The van der Waals surface area contributed by atoms with Gasteiger partial charge in [0.05, 0.1) is 17.1 Å². The summed E-state index contributed by atoms with van der Waals surface area (Å²) in [5, 5.41) is 7.07. The number of halogens is 2. The van der Waals surface area contributed by atoms with Crippen LogP contribution in [0.25, 0.3) is 10.9 Å². The van der Waals surface area contributed by atoms with Gasteiger partial charge in [0.1, 0.15) is 18.5 Å². The minimum Gasteiger partial charge on any atom is -0.446 e. The van der Waals surface area contributed by atoms with E-state index in [1.165, 1.54) is 27.8 Å². The molecule has 3 aromatic rings. The topological polar surface area (TPSA) is 189 Å². The van der Waals surface area contributed by atoms with E-state index in [4.69, 9.17) is 33.5 Å². The number of hydrogen-bond donors (Lipinski definition) is 4. The standard InChI is InChI=1S/C24H25ClFN7O5/c25-17-3-1-2-12(21(17)26)9-30-19(34)10-32(14-7-15(8-14)38-24(29)37)20(35)11-33-18-5-4-13(27)6-16(18)22(31-33)23(28)36/h1-6,14-15H,7-11,27H2,(H2,28,36)(H2,29,37)(H,30,34). The van der Waals surface area contributed by atoms with Crippen molar-refractivity contribution in [3.63, 3.8) is 0 Å². The van der Waals surface area contributed by atoms with E-state index in [0.717, 1.165) is 0 Å². The number of fused-ring (bicyclic) bond motifs is 1. The molecule has 12 nitrogen and oxygen atoms in total. The fourth-order valence-corrected chi connectivity index (χ4v) is 4.48. The van der Waals surface area contributed by atoms with E-state index >= 15 is 0 Å². The predicted molar refractivity (Wildman–Crippen MR) is 135 cm³/mol. The van der Waals surface area contributed by atoms with E-state index in [2.05, 4.69) is 10.4 Å². The summed E-state index contributed by atoms with van der Waals surface area (Å²) in [4.78, 5) is 50.5. The van der Waals surface area contributed by atoms with Crippen LogP contribution in [0.15, 0.2) is 36.4 Å². The SMILES string of the molecule is NC(=O)OC1CC(N(CC(=O)NCc2cccc(Cl)c2F)C(=O)Cn2nc(C(N)=O)c3cc(N)ccc32)C1. The molecule has 38 heavy (non-hydrogen) atoms. The molecule has 4 rings (SSSR count). The van der Waals surface area contributed by atoms with Crippen LogP contribution >= 0.6 is 11.6 Å². The summed E-state index contributed by atoms with van der Waals surface area (Å²) in [7, 11) is 0.